The van der Waals surface area contributed by atoms with Crippen molar-refractivity contribution in [3.05, 3.63) is 74.6 Å². The number of sulfonamides is 1. The minimum Gasteiger partial charge on any atom is -0.492 e. The molecule has 0 saturated carbocycles. The van der Waals surface area contributed by atoms with Crippen LogP contribution in [-0.2, 0) is 23.5 Å². The lowest BCUT2D eigenvalue weighted by Gasteiger charge is -2.37. The summed E-state index contributed by atoms with van der Waals surface area (Å²) in [6.07, 6.45) is 2.65. The Bertz CT molecular complexity index is 1360. The third-order valence-corrected chi connectivity index (χ3v) is 7.96. The van der Waals surface area contributed by atoms with Gasteiger partial charge in [0.1, 0.15) is 22.3 Å². The van der Waals surface area contributed by atoms with Crippen molar-refractivity contribution in [2.24, 2.45) is 18.7 Å². The first-order valence-corrected chi connectivity index (χ1v) is 12.7. The van der Waals surface area contributed by atoms with Crippen molar-refractivity contribution >= 4 is 38.5 Å². The maximum absolute atomic E-state index is 14.3. The number of benzene rings is 2. The summed E-state index contributed by atoms with van der Waals surface area (Å²) in [7, 11) is -2.02. The average Bonchev–Trinajstić information content (AvgIpc) is 3.15. The lowest BCUT2D eigenvalue weighted by atomic mass is 9.97. The van der Waals surface area contributed by atoms with E-state index >= 15 is 0 Å². The molecule has 0 aliphatic carbocycles. The normalized spacial score (nSPS) is 14.7. The van der Waals surface area contributed by atoms with Crippen molar-refractivity contribution < 1.29 is 26.7 Å². The van der Waals surface area contributed by atoms with E-state index in [9.17, 15) is 22.0 Å². The van der Waals surface area contributed by atoms with E-state index in [1.54, 1.807) is 19.2 Å². The van der Waals surface area contributed by atoms with Gasteiger partial charge < -0.3 is 10.5 Å². The molecule has 1 amide bonds. The van der Waals surface area contributed by atoms with Crippen LogP contribution in [0.1, 0.15) is 21.5 Å². The van der Waals surface area contributed by atoms with Crippen LogP contribution in [-0.4, -0.2) is 48.1 Å². The fourth-order valence-corrected chi connectivity index (χ4v) is 5.78. The number of primary amides is 1. The van der Waals surface area contributed by atoms with Gasteiger partial charge in [-0.1, -0.05) is 6.07 Å². The second kappa shape index (κ2) is 9.58. The number of aryl methyl sites for hydroxylation is 1. The van der Waals surface area contributed by atoms with Crippen molar-refractivity contribution in [3.63, 3.8) is 0 Å². The molecule has 1 aliphatic rings. The second-order valence-corrected chi connectivity index (χ2v) is 11.2. The van der Waals surface area contributed by atoms with E-state index in [-0.39, 0.29) is 59.4 Å². The molecule has 180 valence electrons. The van der Waals surface area contributed by atoms with Gasteiger partial charge in [-0.05, 0) is 51.9 Å². The Morgan fingerprint density at radius 3 is 2.59 bits per heavy atom. The summed E-state index contributed by atoms with van der Waals surface area (Å²) >= 11 is 1.98. The van der Waals surface area contributed by atoms with Crippen LogP contribution >= 0.6 is 22.6 Å². The zero-order chi connectivity index (χ0) is 24.6. The van der Waals surface area contributed by atoms with Gasteiger partial charge in [-0.25, -0.2) is 17.2 Å². The summed E-state index contributed by atoms with van der Waals surface area (Å²) in [5, 5.41) is 3.88. The van der Waals surface area contributed by atoms with Gasteiger partial charge in [0.25, 0.3) is 5.91 Å². The molecule has 2 aromatic carbocycles. The number of ether oxygens (including phenoxy) is 1. The second-order valence-electron chi connectivity index (χ2n) is 8.06. The van der Waals surface area contributed by atoms with Crippen LogP contribution in [0.5, 0.6) is 5.75 Å². The number of nitrogens with two attached hydrogens (primary N) is 1. The molecule has 8 nitrogen and oxygen atoms in total. The maximum atomic E-state index is 14.3. The Morgan fingerprint density at radius 2 is 1.97 bits per heavy atom. The molecular formula is C22H21F2IN4O4S. The number of nitrogens with zero attached hydrogens (tertiary/aromatic N) is 3. The molecule has 1 aromatic heterocycles. The first kappa shape index (κ1) is 24.5. The highest BCUT2D eigenvalue weighted by Crippen LogP contribution is 2.30. The smallest absolute Gasteiger partial charge is 0.252 e. The molecule has 0 atom stereocenters. The molecule has 1 aliphatic heterocycles. The highest BCUT2D eigenvalue weighted by atomic mass is 127. The van der Waals surface area contributed by atoms with Gasteiger partial charge in [0, 0.05) is 48.3 Å². The van der Waals surface area contributed by atoms with Crippen LogP contribution in [0, 0.1) is 21.1 Å². The van der Waals surface area contributed by atoms with Crippen molar-refractivity contribution in [1.29, 1.82) is 0 Å². The Kier molecular flexibility index (Phi) is 6.92. The molecule has 0 bridgehead atoms. The molecule has 3 aromatic rings. The number of aromatic nitrogens is 2. The number of carbonyl (C=O) groups is 1. The van der Waals surface area contributed by atoms with E-state index in [2.05, 4.69) is 5.10 Å². The summed E-state index contributed by atoms with van der Waals surface area (Å²) in [6.45, 7) is 0.471. The van der Waals surface area contributed by atoms with Gasteiger partial charge >= 0.3 is 0 Å². The summed E-state index contributed by atoms with van der Waals surface area (Å²) in [5.41, 5.74) is 6.01. The third kappa shape index (κ3) is 5.08. The van der Waals surface area contributed by atoms with E-state index in [1.165, 1.54) is 27.4 Å². The van der Waals surface area contributed by atoms with E-state index in [1.807, 2.05) is 22.6 Å². The molecule has 2 N–H and O–H groups in total. The van der Waals surface area contributed by atoms with E-state index in [4.69, 9.17) is 10.5 Å². The van der Waals surface area contributed by atoms with Crippen molar-refractivity contribution in [3.8, 4) is 5.75 Å². The van der Waals surface area contributed by atoms with Gasteiger partial charge in [-0.15, -0.1) is 0 Å². The standard InChI is InChI=1S/C22H21F2IN4O4S/c1-28-11-18(8-27-28)34(31,32)29-9-13(10-29)12-33-20-6-16(23)5-15(21(20)22(26)30)4-14-2-3-17(25)7-19(14)24/h2-3,5-8,11,13H,4,9-10,12H2,1H3,(H2,26,30). The number of halogens is 3. The van der Waals surface area contributed by atoms with Crippen molar-refractivity contribution in [2.45, 2.75) is 11.3 Å². The van der Waals surface area contributed by atoms with E-state index in [0.29, 0.717) is 3.57 Å². The molecule has 12 heteroatoms. The number of hydrogen-bond donors (Lipinski definition) is 1. The van der Waals surface area contributed by atoms with Crippen LogP contribution in [0.3, 0.4) is 0 Å². The quantitative estimate of drug-likeness (QED) is 0.400. The third-order valence-electron chi connectivity index (χ3n) is 5.51. The van der Waals surface area contributed by atoms with Gasteiger partial charge in [0.05, 0.1) is 18.4 Å². The molecule has 0 radical (unpaired) electrons. The Hall–Kier alpha value is -2.58. The Balaban J connectivity index is 1.48. The van der Waals surface area contributed by atoms with Gasteiger partial charge in [0.2, 0.25) is 10.0 Å². The molecule has 2 heterocycles. The predicted molar refractivity (Wildman–Crippen MR) is 128 cm³/mol. The summed E-state index contributed by atoms with van der Waals surface area (Å²) < 4.78 is 63.0. The fourth-order valence-electron chi connectivity index (χ4n) is 3.75. The number of carbonyl (C=O) groups excluding carboxylic acids is 1. The van der Waals surface area contributed by atoms with E-state index in [0.717, 1.165) is 12.1 Å². The molecule has 34 heavy (non-hydrogen) atoms. The summed E-state index contributed by atoms with van der Waals surface area (Å²) in [4.78, 5) is 12.3. The highest BCUT2D eigenvalue weighted by Gasteiger charge is 2.38. The van der Waals surface area contributed by atoms with Gasteiger partial charge in [-0.2, -0.15) is 9.40 Å². The maximum Gasteiger partial charge on any atom is 0.252 e. The lowest BCUT2D eigenvalue weighted by Crippen LogP contribution is -2.51. The zero-order valence-electron chi connectivity index (χ0n) is 18.0. The van der Waals surface area contributed by atoms with Crippen LogP contribution < -0.4 is 10.5 Å². The van der Waals surface area contributed by atoms with Crippen molar-refractivity contribution in [1.82, 2.24) is 14.1 Å². The van der Waals surface area contributed by atoms with Gasteiger partial charge in [-0.3, -0.25) is 9.48 Å². The molecule has 1 saturated heterocycles. The molecule has 1 fully saturated rings. The molecule has 0 spiro atoms. The first-order chi connectivity index (χ1) is 16.0. The van der Waals surface area contributed by atoms with Crippen molar-refractivity contribution in [2.75, 3.05) is 19.7 Å². The Labute approximate surface area is 208 Å². The highest BCUT2D eigenvalue weighted by molar-refractivity contribution is 14.1. The largest absolute Gasteiger partial charge is 0.492 e. The minimum absolute atomic E-state index is 0.0292. The zero-order valence-corrected chi connectivity index (χ0v) is 21.0. The lowest BCUT2D eigenvalue weighted by molar-refractivity contribution is 0.0987. The number of rotatable bonds is 8. The number of hydrogen-bond acceptors (Lipinski definition) is 5. The van der Waals surface area contributed by atoms with Crippen LogP contribution in [0.15, 0.2) is 47.6 Å². The van der Waals surface area contributed by atoms with Gasteiger partial charge in [0.15, 0.2) is 0 Å². The predicted octanol–water partition coefficient (Wildman–Crippen LogP) is 2.69. The molecule has 0 unspecified atom stereocenters. The van der Waals surface area contributed by atoms with Crippen LogP contribution in [0.4, 0.5) is 8.78 Å². The van der Waals surface area contributed by atoms with Crippen LogP contribution in [0.25, 0.3) is 0 Å². The fraction of sp³-hybridized carbons (Fsp3) is 0.273. The topological polar surface area (TPSA) is 108 Å². The summed E-state index contributed by atoms with van der Waals surface area (Å²) in [5.74, 6) is -2.17. The average molecular weight is 602 g/mol. The minimum atomic E-state index is -3.65. The number of amides is 1. The SMILES string of the molecule is Cn1cc(S(=O)(=O)N2CC(COc3cc(F)cc(Cc4ccc(I)cc4F)c3C(N)=O)C2)cn1. The van der Waals surface area contributed by atoms with E-state index < -0.39 is 27.6 Å². The molecular weight excluding hydrogens is 581 g/mol. The monoisotopic (exact) mass is 602 g/mol. The summed E-state index contributed by atoms with van der Waals surface area (Å²) in [6, 6.07) is 6.81. The molecule has 4 rings (SSSR count). The Morgan fingerprint density at radius 1 is 1.24 bits per heavy atom. The first-order valence-electron chi connectivity index (χ1n) is 10.2. The van der Waals surface area contributed by atoms with Crippen LogP contribution in [0.2, 0.25) is 0 Å².